The van der Waals surface area contributed by atoms with Gasteiger partial charge in [-0.1, -0.05) is 45.2 Å². The molecule has 0 aliphatic carbocycles. The summed E-state index contributed by atoms with van der Waals surface area (Å²) in [6, 6.07) is 12.7. The zero-order chi connectivity index (χ0) is 16.8. The van der Waals surface area contributed by atoms with Gasteiger partial charge in [-0.15, -0.1) is 12.4 Å². The number of hydrogen-bond acceptors (Lipinski definition) is 1. The van der Waals surface area contributed by atoms with Crippen LogP contribution < -0.4 is 16.8 Å². The maximum atomic E-state index is 5.94. The van der Waals surface area contributed by atoms with Crippen LogP contribution in [-0.2, 0) is 6.54 Å². The van der Waals surface area contributed by atoms with E-state index in [2.05, 4.69) is 31.2 Å². The van der Waals surface area contributed by atoms with Crippen LogP contribution >= 0.6 is 51.5 Å². The molecule has 0 atom stereocenters. The third-order valence-electron chi connectivity index (χ3n) is 2.76. The number of anilines is 1. The minimum Gasteiger partial charge on any atom is -0.369 e. The molecule has 0 aromatic heterocycles. The largest absolute Gasteiger partial charge is 0.369 e. The first-order chi connectivity index (χ1) is 10.9. The van der Waals surface area contributed by atoms with Crippen LogP contribution in [0.2, 0.25) is 10.0 Å². The smallest absolute Gasteiger partial charge is 0.218 e. The quantitative estimate of drug-likeness (QED) is 0.477. The summed E-state index contributed by atoms with van der Waals surface area (Å²) >= 11 is 15.2. The van der Waals surface area contributed by atoms with Crippen LogP contribution in [0.3, 0.4) is 0 Å². The maximum absolute atomic E-state index is 5.94. The summed E-state index contributed by atoms with van der Waals surface area (Å²) in [7, 11) is 0. The fourth-order valence-electron chi connectivity index (χ4n) is 1.68. The first kappa shape index (κ1) is 20.6. The maximum Gasteiger partial charge on any atom is 0.218 e. The molecule has 2 rings (SSSR count). The van der Waals surface area contributed by atoms with Crippen molar-refractivity contribution in [2.45, 2.75) is 6.54 Å². The summed E-state index contributed by atoms with van der Waals surface area (Å²) < 4.78 is 0.973. The van der Waals surface area contributed by atoms with Crippen molar-refractivity contribution in [3.05, 3.63) is 62.5 Å². The highest BCUT2D eigenvalue weighted by Gasteiger charge is 2.00. The number of guanidine groups is 2. The fraction of sp³-hybridized carbons (Fsp3) is 0.0667. The zero-order valence-corrected chi connectivity index (χ0v) is 16.3. The van der Waals surface area contributed by atoms with Gasteiger partial charge in [-0.2, -0.15) is 4.99 Å². The highest BCUT2D eigenvalue weighted by Crippen LogP contribution is 2.22. The summed E-state index contributed by atoms with van der Waals surface area (Å²) in [5, 5.41) is 3.89. The van der Waals surface area contributed by atoms with E-state index in [0.29, 0.717) is 16.6 Å². The molecule has 0 amide bonds. The molecule has 5 N–H and O–H groups in total. The zero-order valence-electron chi connectivity index (χ0n) is 12.3. The van der Waals surface area contributed by atoms with Crippen molar-refractivity contribution in [1.82, 2.24) is 0 Å². The highest BCUT2D eigenvalue weighted by atomic mass is 79.9. The molecular formula is C15H15BrCl3N5. The Hall–Kier alpha value is -1.47. The van der Waals surface area contributed by atoms with Crippen LogP contribution in [0.1, 0.15) is 5.56 Å². The van der Waals surface area contributed by atoms with Gasteiger partial charge in [-0.25, -0.2) is 4.99 Å². The van der Waals surface area contributed by atoms with Crippen LogP contribution in [0.15, 0.2) is 56.9 Å². The second-order valence-electron chi connectivity index (χ2n) is 4.55. The van der Waals surface area contributed by atoms with E-state index in [1.165, 1.54) is 0 Å². The van der Waals surface area contributed by atoms with E-state index in [9.17, 15) is 0 Å². The fourth-order valence-corrected chi connectivity index (χ4v) is 2.26. The Balaban J connectivity index is 0.00000288. The predicted molar refractivity (Wildman–Crippen MR) is 108 cm³/mol. The normalized spacial score (nSPS) is 11.8. The molecular weight excluding hydrogens is 436 g/mol. The minimum atomic E-state index is 0. The van der Waals surface area contributed by atoms with Gasteiger partial charge < -0.3 is 16.8 Å². The molecule has 0 saturated heterocycles. The molecule has 2 aromatic carbocycles. The van der Waals surface area contributed by atoms with Gasteiger partial charge in [0.25, 0.3) is 0 Å². The molecule has 0 unspecified atom stereocenters. The topological polar surface area (TPSA) is 88.8 Å². The number of halogens is 4. The van der Waals surface area contributed by atoms with Crippen LogP contribution in [-0.4, -0.2) is 11.9 Å². The second-order valence-corrected chi connectivity index (χ2v) is 6.28. The average Bonchev–Trinajstić information content (AvgIpc) is 2.51. The number of nitrogens with two attached hydrogens (primary N) is 2. The van der Waals surface area contributed by atoms with Crippen LogP contribution in [0.25, 0.3) is 0 Å². The summed E-state index contributed by atoms with van der Waals surface area (Å²) in [6.07, 6.45) is 0. The Kier molecular flexibility index (Phi) is 8.35. The summed E-state index contributed by atoms with van der Waals surface area (Å²) in [5.74, 6) is 0.223. The molecule has 0 aliphatic heterocycles. The van der Waals surface area contributed by atoms with Crippen molar-refractivity contribution in [2.24, 2.45) is 21.5 Å². The molecule has 0 radical (unpaired) electrons. The lowest BCUT2D eigenvalue weighted by atomic mass is 10.2. The van der Waals surface area contributed by atoms with Gasteiger partial charge >= 0.3 is 0 Å². The van der Waals surface area contributed by atoms with E-state index < -0.39 is 0 Å². The summed E-state index contributed by atoms with van der Waals surface area (Å²) in [6.45, 7) is 0.331. The third-order valence-corrected chi connectivity index (χ3v) is 4.03. The molecule has 5 nitrogen and oxygen atoms in total. The van der Waals surface area contributed by atoms with E-state index in [1.54, 1.807) is 12.1 Å². The van der Waals surface area contributed by atoms with Gasteiger partial charge in [0, 0.05) is 10.2 Å². The van der Waals surface area contributed by atoms with Crippen molar-refractivity contribution in [2.75, 3.05) is 5.32 Å². The Morgan fingerprint density at radius 1 is 1.04 bits per heavy atom. The molecule has 9 heteroatoms. The molecule has 24 heavy (non-hydrogen) atoms. The number of aliphatic imine (C=N–C) groups is 2. The summed E-state index contributed by atoms with van der Waals surface area (Å²) in [4.78, 5) is 8.13. The standard InChI is InChI=1S/C15H14BrCl2N5.ClH/c16-10-2-4-11(5-3-10)22-15(20)23-14(19)21-8-9-1-6-12(17)13(18)7-9;/h1-7H,8H2,(H5,19,20,21,22,23);1H. The van der Waals surface area contributed by atoms with Crippen LogP contribution in [0, 0.1) is 0 Å². The van der Waals surface area contributed by atoms with Gasteiger partial charge in [0.05, 0.1) is 16.6 Å². The third kappa shape index (κ3) is 6.57. The predicted octanol–water partition coefficient (Wildman–Crippen LogP) is 4.42. The lowest BCUT2D eigenvalue weighted by Gasteiger charge is -2.05. The number of hydrogen-bond donors (Lipinski definition) is 3. The Morgan fingerprint density at radius 3 is 2.33 bits per heavy atom. The second kappa shape index (κ2) is 9.74. The van der Waals surface area contributed by atoms with Crippen molar-refractivity contribution in [3.8, 4) is 0 Å². The molecule has 0 bridgehead atoms. The van der Waals surface area contributed by atoms with Gasteiger partial charge in [0.1, 0.15) is 0 Å². The van der Waals surface area contributed by atoms with Gasteiger partial charge in [0.2, 0.25) is 11.9 Å². The number of nitrogens with zero attached hydrogens (tertiary/aromatic N) is 2. The molecule has 2 aromatic rings. The lowest BCUT2D eigenvalue weighted by Crippen LogP contribution is -2.26. The average molecular weight is 452 g/mol. The van der Waals surface area contributed by atoms with E-state index >= 15 is 0 Å². The Morgan fingerprint density at radius 2 is 1.71 bits per heavy atom. The molecule has 0 fully saturated rings. The molecule has 0 spiro atoms. The van der Waals surface area contributed by atoms with Crippen molar-refractivity contribution in [1.29, 1.82) is 0 Å². The first-order valence-corrected chi connectivity index (χ1v) is 8.09. The SMILES string of the molecule is Cl.NC(=NCc1ccc(Cl)c(Cl)c1)/N=C(\N)Nc1ccc(Br)cc1. The van der Waals surface area contributed by atoms with E-state index in [1.807, 2.05) is 30.3 Å². The van der Waals surface area contributed by atoms with Crippen molar-refractivity contribution < 1.29 is 0 Å². The van der Waals surface area contributed by atoms with Crippen LogP contribution in [0.5, 0.6) is 0 Å². The van der Waals surface area contributed by atoms with E-state index in [-0.39, 0.29) is 24.3 Å². The molecule has 0 saturated carbocycles. The lowest BCUT2D eigenvalue weighted by molar-refractivity contribution is 1.05. The van der Waals surface area contributed by atoms with Crippen LogP contribution in [0.4, 0.5) is 5.69 Å². The van der Waals surface area contributed by atoms with E-state index in [0.717, 1.165) is 15.7 Å². The first-order valence-electron chi connectivity index (χ1n) is 6.54. The Labute approximate surface area is 164 Å². The molecule has 0 aliphatic rings. The minimum absolute atomic E-state index is 0. The molecule has 0 heterocycles. The molecule has 128 valence electrons. The summed E-state index contributed by atoms with van der Waals surface area (Å²) in [5.41, 5.74) is 13.2. The van der Waals surface area contributed by atoms with Gasteiger partial charge in [-0.05, 0) is 42.0 Å². The highest BCUT2D eigenvalue weighted by molar-refractivity contribution is 9.10. The Bertz CT molecular complexity index is 747. The van der Waals surface area contributed by atoms with Crippen molar-refractivity contribution in [3.63, 3.8) is 0 Å². The monoisotopic (exact) mass is 449 g/mol. The number of nitrogens with one attached hydrogen (secondary N) is 1. The van der Waals surface area contributed by atoms with Crippen molar-refractivity contribution >= 4 is 69.1 Å². The van der Waals surface area contributed by atoms with Gasteiger partial charge in [-0.3, -0.25) is 0 Å². The number of benzene rings is 2. The van der Waals surface area contributed by atoms with E-state index in [4.69, 9.17) is 34.7 Å². The van der Waals surface area contributed by atoms with Gasteiger partial charge in [0.15, 0.2) is 0 Å². The number of rotatable bonds is 3.